The number of aromatic carboxylic acids is 1. The SMILES string of the molecule is Cc1ccc(-c2ccc(C=O)cc2)c(C(=O)O)c1. The van der Waals surface area contributed by atoms with Crippen LogP contribution in [-0.2, 0) is 0 Å². The molecule has 2 aromatic carbocycles. The second-order valence-corrected chi connectivity index (χ2v) is 4.09. The van der Waals surface area contributed by atoms with Gasteiger partial charge in [0.15, 0.2) is 0 Å². The van der Waals surface area contributed by atoms with Crippen molar-refractivity contribution in [2.75, 3.05) is 0 Å². The molecule has 1 N–H and O–H groups in total. The summed E-state index contributed by atoms with van der Waals surface area (Å²) in [6.07, 6.45) is 0.761. The van der Waals surface area contributed by atoms with Crippen molar-refractivity contribution in [3.8, 4) is 11.1 Å². The van der Waals surface area contributed by atoms with Crippen molar-refractivity contribution >= 4 is 12.3 Å². The summed E-state index contributed by atoms with van der Waals surface area (Å²) < 4.78 is 0. The number of carboxylic acid groups (broad SMARTS) is 1. The van der Waals surface area contributed by atoms with Gasteiger partial charge in [0, 0.05) is 5.56 Å². The molecule has 3 heteroatoms. The van der Waals surface area contributed by atoms with Crippen LogP contribution in [0.25, 0.3) is 11.1 Å². The van der Waals surface area contributed by atoms with Crippen molar-refractivity contribution in [2.45, 2.75) is 6.92 Å². The Morgan fingerprint density at radius 3 is 2.33 bits per heavy atom. The third-order valence-corrected chi connectivity index (χ3v) is 2.76. The van der Waals surface area contributed by atoms with Gasteiger partial charge in [-0.2, -0.15) is 0 Å². The molecule has 0 aliphatic rings. The normalized spacial score (nSPS) is 10.1. The summed E-state index contributed by atoms with van der Waals surface area (Å²) in [7, 11) is 0. The van der Waals surface area contributed by atoms with Crippen LogP contribution in [0.4, 0.5) is 0 Å². The van der Waals surface area contributed by atoms with Crippen LogP contribution >= 0.6 is 0 Å². The predicted octanol–water partition coefficient (Wildman–Crippen LogP) is 3.17. The molecule has 0 unspecified atom stereocenters. The van der Waals surface area contributed by atoms with E-state index in [1.807, 2.05) is 13.0 Å². The molecule has 0 heterocycles. The molecule has 0 fully saturated rings. The van der Waals surface area contributed by atoms with Gasteiger partial charge >= 0.3 is 5.97 Å². The molecule has 2 rings (SSSR count). The Morgan fingerprint density at radius 1 is 1.11 bits per heavy atom. The van der Waals surface area contributed by atoms with E-state index in [9.17, 15) is 14.7 Å². The summed E-state index contributed by atoms with van der Waals surface area (Å²) in [5.41, 5.74) is 3.20. The molecule has 0 saturated carbocycles. The van der Waals surface area contributed by atoms with Gasteiger partial charge in [-0.05, 0) is 24.1 Å². The number of hydrogen-bond acceptors (Lipinski definition) is 2. The highest BCUT2D eigenvalue weighted by molar-refractivity contribution is 5.96. The Balaban J connectivity index is 2.55. The maximum atomic E-state index is 11.2. The molecule has 0 radical (unpaired) electrons. The van der Waals surface area contributed by atoms with E-state index < -0.39 is 5.97 Å². The lowest BCUT2D eigenvalue weighted by atomic mass is 9.97. The molecule has 0 atom stereocenters. The maximum absolute atomic E-state index is 11.2. The standard InChI is InChI=1S/C15H12O3/c1-10-2-7-13(14(8-10)15(17)18)12-5-3-11(9-16)4-6-12/h2-9H,1H3,(H,17,18). The van der Waals surface area contributed by atoms with Gasteiger partial charge in [-0.15, -0.1) is 0 Å². The van der Waals surface area contributed by atoms with Crippen LogP contribution in [0.5, 0.6) is 0 Å². The number of hydrogen-bond donors (Lipinski definition) is 1. The number of rotatable bonds is 3. The molecule has 18 heavy (non-hydrogen) atoms. The lowest BCUT2D eigenvalue weighted by molar-refractivity contribution is 0.0697. The van der Waals surface area contributed by atoms with E-state index >= 15 is 0 Å². The zero-order valence-corrected chi connectivity index (χ0v) is 9.88. The van der Waals surface area contributed by atoms with Crippen molar-refractivity contribution < 1.29 is 14.7 Å². The Hall–Kier alpha value is -2.42. The Morgan fingerprint density at radius 2 is 1.78 bits per heavy atom. The second-order valence-electron chi connectivity index (χ2n) is 4.09. The summed E-state index contributed by atoms with van der Waals surface area (Å²) in [5.74, 6) is -0.951. The fourth-order valence-electron chi connectivity index (χ4n) is 1.83. The molecule has 0 amide bonds. The average Bonchev–Trinajstić information content (AvgIpc) is 2.39. The summed E-state index contributed by atoms with van der Waals surface area (Å²) in [5, 5.41) is 9.20. The van der Waals surface area contributed by atoms with Gasteiger partial charge in [0.25, 0.3) is 0 Å². The van der Waals surface area contributed by atoms with E-state index in [2.05, 4.69) is 0 Å². The fraction of sp³-hybridized carbons (Fsp3) is 0.0667. The Bertz CT molecular complexity index is 598. The number of carbonyl (C=O) groups excluding carboxylic acids is 1. The molecule has 2 aromatic rings. The topological polar surface area (TPSA) is 54.4 Å². The van der Waals surface area contributed by atoms with E-state index in [1.54, 1.807) is 36.4 Å². The van der Waals surface area contributed by atoms with Crippen LogP contribution in [0.2, 0.25) is 0 Å². The third-order valence-electron chi connectivity index (χ3n) is 2.76. The fourth-order valence-corrected chi connectivity index (χ4v) is 1.83. The second kappa shape index (κ2) is 4.84. The number of aryl methyl sites for hydroxylation is 1. The van der Waals surface area contributed by atoms with Gasteiger partial charge in [0.05, 0.1) is 5.56 Å². The first-order valence-corrected chi connectivity index (χ1v) is 5.51. The number of benzene rings is 2. The summed E-state index contributed by atoms with van der Waals surface area (Å²) >= 11 is 0. The number of carbonyl (C=O) groups is 2. The summed E-state index contributed by atoms with van der Waals surface area (Å²) in [6.45, 7) is 1.85. The first-order valence-electron chi connectivity index (χ1n) is 5.51. The molecule has 0 bridgehead atoms. The van der Waals surface area contributed by atoms with Gasteiger partial charge in [-0.25, -0.2) is 4.79 Å². The van der Waals surface area contributed by atoms with Crippen LogP contribution in [0.1, 0.15) is 26.3 Å². The minimum atomic E-state index is -0.951. The van der Waals surface area contributed by atoms with Crippen LogP contribution in [0, 0.1) is 6.92 Å². The number of carboxylic acids is 1. The van der Waals surface area contributed by atoms with Crippen LogP contribution in [0.3, 0.4) is 0 Å². The highest BCUT2D eigenvalue weighted by atomic mass is 16.4. The zero-order valence-electron chi connectivity index (χ0n) is 9.88. The van der Waals surface area contributed by atoms with E-state index in [0.29, 0.717) is 11.1 Å². The molecule has 0 aliphatic heterocycles. The Labute approximate surface area is 105 Å². The molecule has 0 aromatic heterocycles. The number of aldehydes is 1. The van der Waals surface area contributed by atoms with Crippen molar-refractivity contribution in [1.29, 1.82) is 0 Å². The smallest absolute Gasteiger partial charge is 0.336 e. The summed E-state index contributed by atoms with van der Waals surface area (Å²) in [4.78, 5) is 21.8. The monoisotopic (exact) mass is 240 g/mol. The highest BCUT2D eigenvalue weighted by Gasteiger charge is 2.11. The van der Waals surface area contributed by atoms with Gasteiger partial charge in [0.2, 0.25) is 0 Å². The molecule has 0 spiro atoms. The molecule has 90 valence electrons. The van der Waals surface area contributed by atoms with Gasteiger partial charge in [0.1, 0.15) is 6.29 Å². The predicted molar refractivity (Wildman–Crippen MR) is 69.0 cm³/mol. The van der Waals surface area contributed by atoms with Crippen LogP contribution < -0.4 is 0 Å². The maximum Gasteiger partial charge on any atom is 0.336 e. The molecular weight excluding hydrogens is 228 g/mol. The van der Waals surface area contributed by atoms with Gasteiger partial charge < -0.3 is 5.11 Å². The molecule has 0 aliphatic carbocycles. The third kappa shape index (κ3) is 2.30. The van der Waals surface area contributed by atoms with Gasteiger partial charge in [-0.3, -0.25) is 4.79 Å². The van der Waals surface area contributed by atoms with E-state index in [4.69, 9.17) is 0 Å². The minimum Gasteiger partial charge on any atom is -0.478 e. The minimum absolute atomic E-state index is 0.272. The average molecular weight is 240 g/mol. The van der Waals surface area contributed by atoms with E-state index in [-0.39, 0.29) is 5.56 Å². The lowest BCUT2D eigenvalue weighted by Crippen LogP contribution is -2.00. The van der Waals surface area contributed by atoms with Crippen LogP contribution in [-0.4, -0.2) is 17.4 Å². The molecule has 3 nitrogen and oxygen atoms in total. The van der Waals surface area contributed by atoms with Crippen molar-refractivity contribution in [3.63, 3.8) is 0 Å². The van der Waals surface area contributed by atoms with E-state index in [0.717, 1.165) is 17.4 Å². The van der Waals surface area contributed by atoms with Gasteiger partial charge in [-0.1, -0.05) is 42.0 Å². The molecular formula is C15H12O3. The van der Waals surface area contributed by atoms with Crippen molar-refractivity contribution in [1.82, 2.24) is 0 Å². The highest BCUT2D eigenvalue weighted by Crippen LogP contribution is 2.25. The Kier molecular flexibility index (Phi) is 3.24. The summed E-state index contributed by atoms with van der Waals surface area (Å²) in [6, 6.07) is 12.2. The lowest BCUT2D eigenvalue weighted by Gasteiger charge is -2.07. The van der Waals surface area contributed by atoms with Crippen molar-refractivity contribution in [2.24, 2.45) is 0 Å². The zero-order chi connectivity index (χ0) is 13.1. The largest absolute Gasteiger partial charge is 0.478 e. The van der Waals surface area contributed by atoms with Crippen molar-refractivity contribution in [3.05, 3.63) is 59.2 Å². The molecule has 0 saturated heterocycles. The van der Waals surface area contributed by atoms with E-state index in [1.165, 1.54) is 0 Å². The first kappa shape index (κ1) is 12.0. The quantitative estimate of drug-likeness (QED) is 0.838. The van der Waals surface area contributed by atoms with Crippen LogP contribution in [0.15, 0.2) is 42.5 Å². The first-order chi connectivity index (χ1) is 8.61.